The highest BCUT2D eigenvalue weighted by Gasteiger charge is 2.07. The third-order valence-electron chi connectivity index (χ3n) is 2.83. The van der Waals surface area contributed by atoms with E-state index >= 15 is 0 Å². The molecule has 3 nitrogen and oxygen atoms in total. The summed E-state index contributed by atoms with van der Waals surface area (Å²) in [5.74, 6) is 0.208. The van der Waals surface area contributed by atoms with Crippen molar-refractivity contribution in [3.05, 3.63) is 42.1 Å². The van der Waals surface area contributed by atoms with Gasteiger partial charge in [-0.3, -0.25) is 9.78 Å². The molecule has 2 rings (SSSR count). The number of nitrogens with zero attached hydrogens (tertiary/aromatic N) is 1. The van der Waals surface area contributed by atoms with E-state index in [1.54, 1.807) is 6.20 Å². The van der Waals surface area contributed by atoms with E-state index in [9.17, 15) is 4.79 Å². The number of para-hydroxylation sites is 1. The van der Waals surface area contributed by atoms with Crippen LogP contribution >= 0.6 is 0 Å². The average Bonchev–Trinajstić information content (AvgIpc) is 2.37. The molecular formula is C15H18N2O. The Morgan fingerprint density at radius 1 is 1.28 bits per heavy atom. The molecule has 0 spiro atoms. The fourth-order valence-corrected chi connectivity index (χ4v) is 1.90. The minimum atomic E-state index is 0.208. The first-order valence-corrected chi connectivity index (χ1v) is 6.24. The predicted octanol–water partition coefficient (Wildman–Crippen LogP) is 2.34. The van der Waals surface area contributed by atoms with Gasteiger partial charge in [-0.1, -0.05) is 32.0 Å². The van der Waals surface area contributed by atoms with Crippen molar-refractivity contribution < 1.29 is 4.79 Å². The van der Waals surface area contributed by atoms with E-state index in [4.69, 9.17) is 0 Å². The molecule has 1 heterocycles. The first kappa shape index (κ1) is 12.7. The predicted molar refractivity (Wildman–Crippen MR) is 73.6 cm³/mol. The molecule has 0 saturated carbocycles. The van der Waals surface area contributed by atoms with Crippen LogP contribution in [0.3, 0.4) is 0 Å². The summed E-state index contributed by atoms with van der Waals surface area (Å²) in [7, 11) is 0. The summed E-state index contributed by atoms with van der Waals surface area (Å²) < 4.78 is 0. The first-order chi connectivity index (χ1) is 8.66. The Morgan fingerprint density at radius 2 is 2.06 bits per heavy atom. The summed E-state index contributed by atoms with van der Waals surface area (Å²) in [4.78, 5) is 16.2. The standard InChI is InChI=1S/C15H18N2O/c1-11(2)17-10-13(18)9-12-7-8-16-15-6-4-3-5-14(12)15/h3-8,11,17H,9-10H2,1-2H3. The zero-order valence-corrected chi connectivity index (χ0v) is 10.8. The van der Waals surface area contributed by atoms with E-state index < -0.39 is 0 Å². The van der Waals surface area contributed by atoms with Crippen LogP contribution in [0, 0.1) is 0 Å². The van der Waals surface area contributed by atoms with Crippen LogP contribution in [0.5, 0.6) is 0 Å². The number of nitrogens with one attached hydrogen (secondary N) is 1. The molecule has 0 fully saturated rings. The fourth-order valence-electron chi connectivity index (χ4n) is 1.90. The Kier molecular flexibility index (Phi) is 4.05. The quantitative estimate of drug-likeness (QED) is 0.875. The van der Waals surface area contributed by atoms with E-state index in [2.05, 4.69) is 10.3 Å². The van der Waals surface area contributed by atoms with Gasteiger partial charge in [0.15, 0.2) is 5.78 Å². The third-order valence-corrected chi connectivity index (χ3v) is 2.83. The highest BCUT2D eigenvalue weighted by molar-refractivity contribution is 5.89. The van der Waals surface area contributed by atoms with Crippen LogP contribution in [-0.4, -0.2) is 23.4 Å². The van der Waals surface area contributed by atoms with Crippen LogP contribution in [0.25, 0.3) is 10.9 Å². The third kappa shape index (κ3) is 3.14. The smallest absolute Gasteiger partial charge is 0.151 e. The highest BCUT2D eigenvalue weighted by Crippen LogP contribution is 2.16. The van der Waals surface area contributed by atoms with Crippen molar-refractivity contribution in [3.8, 4) is 0 Å². The number of ketones is 1. The van der Waals surface area contributed by atoms with Crippen molar-refractivity contribution in [2.45, 2.75) is 26.3 Å². The maximum Gasteiger partial charge on any atom is 0.151 e. The fraction of sp³-hybridized carbons (Fsp3) is 0.333. The van der Waals surface area contributed by atoms with Gasteiger partial charge in [0, 0.05) is 24.0 Å². The van der Waals surface area contributed by atoms with Crippen LogP contribution in [0.4, 0.5) is 0 Å². The van der Waals surface area contributed by atoms with Crippen molar-refractivity contribution in [2.75, 3.05) is 6.54 Å². The summed E-state index contributed by atoms with van der Waals surface area (Å²) in [5, 5.41) is 4.22. The Bertz CT molecular complexity index is 544. The molecule has 0 radical (unpaired) electrons. The van der Waals surface area contributed by atoms with Crippen molar-refractivity contribution in [1.82, 2.24) is 10.3 Å². The van der Waals surface area contributed by atoms with Crippen LogP contribution in [0.2, 0.25) is 0 Å². The topological polar surface area (TPSA) is 42.0 Å². The molecule has 0 aliphatic heterocycles. The number of fused-ring (bicyclic) bond motifs is 1. The second-order valence-electron chi connectivity index (χ2n) is 4.74. The monoisotopic (exact) mass is 242 g/mol. The minimum absolute atomic E-state index is 0.208. The summed E-state index contributed by atoms with van der Waals surface area (Å²) >= 11 is 0. The van der Waals surface area contributed by atoms with Crippen LogP contribution < -0.4 is 5.32 Å². The lowest BCUT2D eigenvalue weighted by atomic mass is 10.0. The lowest BCUT2D eigenvalue weighted by Crippen LogP contribution is -2.30. The number of Topliss-reactive ketones (excluding diaryl/α,β-unsaturated/α-hetero) is 1. The van der Waals surface area contributed by atoms with Crippen LogP contribution in [0.15, 0.2) is 36.5 Å². The van der Waals surface area contributed by atoms with Gasteiger partial charge in [-0.25, -0.2) is 0 Å². The van der Waals surface area contributed by atoms with Gasteiger partial charge in [-0.05, 0) is 17.7 Å². The summed E-state index contributed by atoms with van der Waals surface area (Å²) in [6.45, 7) is 4.50. The number of pyridine rings is 1. The number of aromatic nitrogens is 1. The van der Waals surface area contributed by atoms with E-state index in [0.29, 0.717) is 19.0 Å². The number of benzene rings is 1. The van der Waals surface area contributed by atoms with Gasteiger partial charge in [0.1, 0.15) is 0 Å². The van der Waals surface area contributed by atoms with Gasteiger partial charge in [0.25, 0.3) is 0 Å². The zero-order chi connectivity index (χ0) is 13.0. The van der Waals surface area contributed by atoms with Gasteiger partial charge in [-0.15, -0.1) is 0 Å². The number of carbonyl (C=O) groups is 1. The summed E-state index contributed by atoms with van der Waals surface area (Å²) in [5.41, 5.74) is 2.00. The zero-order valence-electron chi connectivity index (χ0n) is 10.8. The largest absolute Gasteiger partial charge is 0.308 e. The Balaban J connectivity index is 2.14. The number of rotatable bonds is 5. The molecule has 1 aromatic carbocycles. The first-order valence-electron chi connectivity index (χ1n) is 6.24. The van der Waals surface area contributed by atoms with Crippen LogP contribution in [0.1, 0.15) is 19.4 Å². The van der Waals surface area contributed by atoms with Gasteiger partial charge < -0.3 is 5.32 Å². The molecule has 1 N–H and O–H groups in total. The molecule has 3 heteroatoms. The van der Waals surface area contributed by atoms with E-state index in [1.165, 1.54) is 0 Å². The molecule has 0 bridgehead atoms. The van der Waals surface area contributed by atoms with E-state index in [0.717, 1.165) is 16.5 Å². The van der Waals surface area contributed by atoms with Crippen molar-refractivity contribution in [2.24, 2.45) is 0 Å². The minimum Gasteiger partial charge on any atom is -0.308 e. The number of hydrogen-bond donors (Lipinski definition) is 1. The van der Waals surface area contributed by atoms with E-state index in [1.807, 2.05) is 44.2 Å². The normalized spacial score (nSPS) is 11.1. The van der Waals surface area contributed by atoms with Crippen LogP contribution in [-0.2, 0) is 11.2 Å². The second-order valence-corrected chi connectivity index (χ2v) is 4.74. The van der Waals surface area contributed by atoms with E-state index in [-0.39, 0.29) is 5.78 Å². The molecule has 94 valence electrons. The summed E-state index contributed by atoms with van der Waals surface area (Å²) in [6.07, 6.45) is 2.23. The van der Waals surface area contributed by atoms with Gasteiger partial charge in [-0.2, -0.15) is 0 Å². The van der Waals surface area contributed by atoms with Gasteiger partial charge >= 0.3 is 0 Å². The van der Waals surface area contributed by atoms with Crippen molar-refractivity contribution >= 4 is 16.7 Å². The molecule has 0 unspecified atom stereocenters. The lowest BCUT2D eigenvalue weighted by Gasteiger charge is -2.08. The summed E-state index contributed by atoms with van der Waals surface area (Å²) in [6, 6.07) is 10.2. The average molecular weight is 242 g/mol. The molecule has 0 aliphatic rings. The molecule has 0 aliphatic carbocycles. The SMILES string of the molecule is CC(C)NCC(=O)Cc1ccnc2ccccc12. The van der Waals surface area contributed by atoms with Gasteiger partial charge in [0.2, 0.25) is 0 Å². The number of carbonyl (C=O) groups excluding carboxylic acids is 1. The molecule has 0 saturated heterocycles. The molecule has 2 aromatic rings. The lowest BCUT2D eigenvalue weighted by molar-refractivity contribution is -0.117. The molecule has 1 aromatic heterocycles. The molecule has 0 amide bonds. The van der Waals surface area contributed by atoms with Gasteiger partial charge in [0.05, 0.1) is 12.1 Å². The second kappa shape index (κ2) is 5.74. The Labute approximate surface area is 107 Å². The maximum absolute atomic E-state index is 11.9. The molecular weight excluding hydrogens is 224 g/mol. The Morgan fingerprint density at radius 3 is 2.83 bits per heavy atom. The van der Waals surface area contributed by atoms with Crippen molar-refractivity contribution in [3.63, 3.8) is 0 Å². The number of hydrogen-bond acceptors (Lipinski definition) is 3. The molecule has 0 atom stereocenters. The van der Waals surface area contributed by atoms with Crippen molar-refractivity contribution in [1.29, 1.82) is 0 Å². The maximum atomic E-state index is 11.9. The Hall–Kier alpha value is -1.74. The highest BCUT2D eigenvalue weighted by atomic mass is 16.1. The molecule has 18 heavy (non-hydrogen) atoms.